The zero-order chi connectivity index (χ0) is 13.2. The van der Waals surface area contributed by atoms with Gasteiger partial charge < -0.3 is 10.5 Å². The van der Waals surface area contributed by atoms with E-state index in [1.807, 2.05) is 12.1 Å². The first-order valence-electron chi connectivity index (χ1n) is 6.13. The van der Waals surface area contributed by atoms with Crippen molar-refractivity contribution in [3.05, 3.63) is 30.1 Å². The van der Waals surface area contributed by atoms with E-state index in [0.29, 0.717) is 13.0 Å². The van der Waals surface area contributed by atoms with Gasteiger partial charge in [0, 0.05) is 12.4 Å². The van der Waals surface area contributed by atoms with Crippen molar-refractivity contribution < 1.29 is 9.53 Å². The zero-order valence-electron chi connectivity index (χ0n) is 10.7. The number of carbonyl (C=O) groups is 1. The van der Waals surface area contributed by atoms with Crippen molar-refractivity contribution in [1.82, 2.24) is 4.98 Å². The number of ether oxygens (including phenoxy) is 1. The van der Waals surface area contributed by atoms with Crippen LogP contribution in [-0.4, -0.2) is 35.1 Å². The van der Waals surface area contributed by atoms with Gasteiger partial charge in [-0.15, -0.1) is 0 Å². The van der Waals surface area contributed by atoms with Gasteiger partial charge in [0.1, 0.15) is 6.04 Å². The molecule has 1 aromatic rings. The lowest BCUT2D eigenvalue weighted by molar-refractivity contribution is -0.144. The first kappa shape index (κ1) is 15.0. The molecule has 4 nitrogen and oxygen atoms in total. The fourth-order valence-electron chi connectivity index (χ4n) is 1.42. The number of rotatable bonds is 8. The quantitative estimate of drug-likeness (QED) is 0.573. The van der Waals surface area contributed by atoms with Gasteiger partial charge in [-0.1, -0.05) is 0 Å². The topological polar surface area (TPSA) is 65.2 Å². The van der Waals surface area contributed by atoms with Crippen LogP contribution in [0.15, 0.2) is 24.5 Å². The normalized spacial score (nSPS) is 12.1. The van der Waals surface area contributed by atoms with Gasteiger partial charge in [-0.2, -0.15) is 11.8 Å². The summed E-state index contributed by atoms with van der Waals surface area (Å²) in [6, 6.07) is 3.55. The highest BCUT2D eigenvalue weighted by molar-refractivity contribution is 7.99. The molecule has 0 saturated carbocycles. The van der Waals surface area contributed by atoms with Crippen LogP contribution in [0.5, 0.6) is 0 Å². The minimum absolute atomic E-state index is 0.299. The molecule has 18 heavy (non-hydrogen) atoms. The summed E-state index contributed by atoms with van der Waals surface area (Å²) in [6.45, 7) is 2.18. The molecule has 2 N–H and O–H groups in total. The van der Waals surface area contributed by atoms with E-state index in [2.05, 4.69) is 4.98 Å². The van der Waals surface area contributed by atoms with Gasteiger partial charge in [-0.05, 0) is 49.0 Å². The number of carbonyl (C=O) groups excluding carboxylic acids is 1. The van der Waals surface area contributed by atoms with Crippen LogP contribution in [0.1, 0.15) is 18.9 Å². The van der Waals surface area contributed by atoms with Crippen LogP contribution >= 0.6 is 11.8 Å². The molecule has 0 saturated heterocycles. The van der Waals surface area contributed by atoms with Crippen molar-refractivity contribution in [1.29, 1.82) is 0 Å². The largest absolute Gasteiger partial charge is 0.465 e. The highest BCUT2D eigenvalue weighted by Gasteiger charge is 2.13. The molecule has 0 bridgehead atoms. The van der Waals surface area contributed by atoms with Crippen molar-refractivity contribution >= 4 is 17.7 Å². The second-order valence-corrected chi connectivity index (χ2v) is 5.09. The van der Waals surface area contributed by atoms with E-state index in [9.17, 15) is 4.79 Å². The molecule has 0 aromatic carbocycles. The van der Waals surface area contributed by atoms with Crippen LogP contribution < -0.4 is 5.73 Å². The first-order chi connectivity index (χ1) is 8.74. The van der Waals surface area contributed by atoms with Crippen molar-refractivity contribution in [3.8, 4) is 0 Å². The number of esters is 1. The molecule has 1 unspecified atom stereocenters. The highest BCUT2D eigenvalue weighted by atomic mass is 32.2. The van der Waals surface area contributed by atoms with Crippen LogP contribution in [0.3, 0.4) is 0 Å². The third kappa shape index (κ3) is 6.02. The molecule has 0 spiro atoms. The summed E-state index contributed by atoms with van der Waals surface area (Å²) in [5, 5.41) is 0. The predicted molar refractivity (Wildman–Crippen MR) is 74.5 cm³/mol. The Morgan fingerprint density at radius 3 is 2.83 bits per heavy atom. The average Bonchev–Trinajstić information content (AvgIpc) is 2.39. The lowest BCUT2D eigenvalue weighted by Gasteiger charge is -2.09. The van der Waals surface area contributed by atoms with Gasteiger partial charge in [0.2, 0.25) is 0 Å². The molecule has 0 radical (unpaired) electrons. The molecule has 0 aliphatic rings. The Morgan fingerprint density at radius 2 is 2.17 bits per heavy atom. The van der Waals surface area contributed by atoms with E-state index in [-0.39, 0.29) is 5.97 Å². The Kier molecular flexibility index (Phi) is 7.44. The van der Waals surface area contributed by atoms with Crippen LogP contribution in [0, 0.1) is 0 Å². The van der Waals surface area contributed by atoms with Crippen LogP contribution in [0.4, 0.5) is 0 Å². The van der Waals surface area contributed by atoms with Gasteiger partial charge in [-0.25, -0.2) is 0 Å². The fraction of sp³-hybridized carbons (Fsp3) is 0.538. The van der Waals surface area contributed by atoms with Crippen molar-refractivity contribution in [2.45, 2.75) is 25.8 Å². The number of thioether (sulfide) groups is 1. The third-order valence-electron chi connectivity index (χ3n) is 2.45. The zero-order valence-corrected chi connectivity index (χ0v) is 11.5. The standard InChI is InChI=1S/C13H20N2O2S/c1-2-17-13(16)12(14)6-10-18-9-5-11-3-7-15-8-4-11/h3-4,7-8,12H,2,5-6,9-10,14H2,1H3. The van der Waals surface area contributed by atoms with E-state index in [1.54, 1.807) is 31.1 Å². The summed E-state index contributed by atoms with van der Waals surface area (Å²) in [6.07, 6.45) is 5.29. The Balaban J connectivity index is 2.07. The number of aryl methyl sites for hydroxylation is 1. The molecular formula is C13H20N2O2S. The predicted octanol–water partition coefficient (Wildman–Crippen LogP) is 1.64. The van der Waals surface area contributed by atoms with E-state index in [0.717, 1.165) is 17.9 Å². The monoisotopic (exact) mass is 268 g/mol. The maximum Gasteiger partial charge on any atom is 0.322 e. The Morgan fingerprint density at radius 1 is 1.44 bits per heavy atom. The second kappa shape index (κ2) is 8.94. The number of pyridine rings is 1. The van der Waals surface area contributed by atoms with E-state index < -0.39 is 6.04 Å². The third-order valence-corrected chi connectivity index (χ3v) is 3.46. The van der Waals surface area contributed by atoms with Gasteiger partial charge in [-0.3, -0.25) is 9.78 Å². The number of nitrogens with zero attached hydrogens (tertiary/aromatic N) is 1. The minimum Gasteiger partial charge on any atom is -0.465 e. The summed E-state index contributed by atoms with van der Waals surface area (Å²) < 4.78 is 4.85. The molecule has 0 fully saturated rings. The number of aromatic nitrogens is 1. The number of hydrogen-bond acceptors (Lipinski definition) is 5. The van der Waals surface area contributed by atoms with Crippen LogP contribution in [0.25, 0.3) is 0 Å². The first-order valence-corrected chi connectivity index (χ1v) is 7.28. The molecule has 1 rings (SSSR count). The number of hydrogen-bond donors (Lipinski definition) is 1. The maximum absolute atomic E-state index is 11.3. The van der Waals surface area contributed by atoms with Crippen LogP contribution in [0.2, 0.25) is 0 Å². The summed E-state index contributed by atoms with van der Waals surface area (Å²) in [4.78, 5) is 15.2. The SMILES string of the molecule is CCOC(=O)C(N)CCSCCc1ccncc1. The van der Waals surface area contributed by atoms with Crippen molar-refractivity contribution in [2.75, 3.05) is 18.1 Å². The molecule has 5 heteroatoms. The van der Waals surface area contributed by atoms with Gasteiger partial charge in [0.15, 0.2) is 0 Å². The molecule has 0 aliphatic heterocycles. The Bertz CT molecular complexity index is 346. The summed E-state index contributed by atoms with van der Waals surface area (Å²) in [5.74, 6) is 1.61. The number of nitrogens with two attached hydrogens (primary N) is 1. The molecule has 1 heterocycles. The average molecular weight is 268 g/mol. The lowest BCUT2D eigenvalue weighted by Crippen LogP contribution is -2.32. The van der Waals surface area contributed by atoms with Crippen LogP contribution in [-0.2, 0) is 16.0 Å². The smallest absolute Gasteiger partial charge is 0.322 e. The van der Waals surface area contributed by atoms with E-state index >= 15 is 0 Å². The Labute approximate surface area is 112 Å². The van der Waals surface area contributed by atoms with Crippen molar-refractivity contribution in [3.63, 3.8) is 0 Å². The molecule has 0 amide bonds. The minimum atomic E-state index is -0.488. The maximum atomic E-state index is 11.3. The summed E-state index contributed by atoms with van der Waals surface area (Å²) >= 11 is 1.80. The molecule has 1 aromatic heterocycles. The second-order valence-electron chi connectivity index (χ2n) is 3.87. The highest BCUT2D eigenvalue weighted by Crippen LogP contribution is 2.08. The van der Waals surface area contributed by atoms with Crippen molar-refractivity contribution in [2.24, 2.45) is 5.73 Å². The van der Waals surface area contributed by atoms with Gasteiger partial charge in [0.25, 0.3) is 0 Å². The van der Waals surface area contributed by atoms with Gasteiger partial charge in [0.05, 0.1) is 6.61 Å². The molecule has 0 aliphatic carbocycles. The molecular weight excluding hydrogens is 248 g/mol. The van der Waals surface area contributed by atoms with E-state index in [1.165, 1.54) is 5.56 Å². The van der Waals surface area contributed by atoms with Gasteiger partial charge >= 0.3 is 5.97 Å². The summed E-state index contributed by atoms with van der Waals surface area (Å²) in [5.41, 5.74) is 6.98. The Hall–Kier alpha value is -1.07. The van der Waals surface area contributed by atoms with E-state index in [4.69, 9.17) is 10.5 Å². The molecule has 100 valence electrons. The lowest BCUT2D eigenvalue weighted by atomic mass is 10.2. The molecule has 1 atom stereocenters. The summed E-state index contributed by atoms with van der Waals surface area (Å²) in [7, 11) is 0. The fourth-order valence-corrected chi connectivity index (χ4v) is 2.42.